The van der Waals surface area contributed by atoms with Gasteiger partial charge in [-0.1, -0.05) is 12.1 Å². The van der Waals surface area contributed by atoms with E-state index in [1.165, 1.54) is 18.2 Å². The highest BCUT2D eigenvalue weighted by molar-refractivity contribution is 5.56. The van der Waals surface area contributed by atoms with E-state index in [-0.39, 0.29) is 11.4 Å². The zero-order chi connectivity index (χ0) is 8.27. The SMILES string of the molecule is [N-]=Nc1ccccc1[N+](=O)[O-]. The van der Waals surface area contributed by atoms with Crippen molar-refractivity contribution in [1.29, 1.82) is 0 Å². The Balaban J connectivity index is 3.22. The van der Waals surface area contributed by atoms with Crippen molar-refractivity contribution < 1.29 is 4.92 Å². The molecule has 0 saturated carbocycles. The van der Waals surface area contributed by atoms with Crippen LogP contribution in [-0.4, -0.2) is 4.92 Å². The van der Waals surface area contributed by atoms with Crippen molar-refractivity contribution in [2.45, 2.75) is 0 Å². The molecule has 0 aliphatic heterocycles. The molecule has 1 aromatic carbocycles. The zero-order valence-electron chi connectivity index (χ0n) is 5.47. The molecule has 0 spiro atoms. The van der Waals surface area contributed by atoms with Crippen LogP contribution in [0.15, 0.2) is 29.4 Å². The molecule has 0 aliphatic rings. The average molecular weight is 150 g/mol. The van der Waals surface area contributed by atoms with Gasteiger partial charge in [-0.05, 0) is 6.07 Å². The molecule has 1 rings (SSSR count). The maximum absolute atomic E-state index is 10.2. The molecule has 1 aromatic rings. The molecule has 0 atom stereocenters. The van der Waals surface area contributed by atoms with E-state index in [4.69, 9.17) is 5.53 Å². The predicted molar refractivity (Wildman–Crippen MR) is 38.5 cm³/mol. The van der Waals surface area contributed by atoms with E-state index in [0.29, 0.717) is 0 Å². The molecule has 0 N–H and O–H groups in total. The molecule has 0 amide bonds. The number of benzene rings is 1. The Hall–Kier alpha value is -1.78. The van der Waals surface area contributed by atoms with Gasteiger partial charge in [0.1, 0.15) is 5.69 Å². The van der Waals surface area contributed by atoms with Gasteiger partial charge in [-0.2, -0.15) is 0 Å². The maximum Gasteiger partial charge on any atom is 0.293 e. The van der Waals surface area contributed by atoms with Gasteiger partial charge in [-0.15, -0.1) is 0 Å². The predicted octanol–water partition coefficient (Wildman–Crippen LogP) is 2.25. The summed E-state index contributed by atoms with van der Waals surface area (Å²) in [5.74, 6) is 0. The van der Waals surface area contributed by atoms with E-state index in [1.807, 2.05) is 0 Å². The summed E-state index contributed by atoms with van der Waals surface area (Å²) in [7, 11) is 0. The first-order valence-corrected chi connectivity index (χ1v) is 2.84. The lowest BCUT2D eigenvalue weighted by molar-refractivity contribution is -0.384. The van der Waals surface area contributed by atoms with Crippen molar-refractivity contribution >= 4 is 11.4 Å². The minimum atomic E-state index is -0.602. The van der Waals surface area contributed by atoms with E-state index in [0.717, 1.165) is 0 Å². The van der Waals surface area contributed by atoms with Gasteiger partial charge in [0.2, 0.25) is 0 Å². The number of para-hydroxylation sites is 1. The van der Waals surface area contributed by atoms with Crippen LogP contribution in [0, 0.1) is 10.1 Å². The van der Waals surface area contributed by atoms with Crippen molar-refractivity contribution in [3.63, 3.8) is 0 Å². The topological polar surface area (TPSA) is 77.8 Å². The highest BCUT2D eigenvalue weighted by Gasteiger charge is 2.07. The van der Waals surface area contributed by atoms with Crippen LogP contribution in [0.2, 0.25) is 0 Å². The summed E-state index contributed by atoms with van der Waals surface area (Å²) in [5.41, 5.74) is 8.06. The van der Waals surface area contributed by atoms with Crippen LogP contribution in [0.3, 0.4) is 0 Å². The summed E-state index contributed by atoms with van der Waals surface area (Å²) in [6.45, 7) is 0. The first-order chi connectivity index (χ1) is 5.25. The second-order valence-electron chi connectivity index (χ2n) is 1.85. The molecule has 0 saturated heterocycles. The maximum atomic E-state index is 10.2. The van der Waals surface area contributed by atoms with Crippen LogP contribution in [0.1, 0.15) is 0 Å². The number of nitro groups is 1. The monoisotopic (exact) mass is 150 g/mol. The van der Waals surface area contributed by atoms with Gasteiger partial charge in [0.15, 0.2) is 0 Å². The second kappa shape index (κ2) is 2.87. The number of rotatable bonds is 2. The van der Waals surface area contributed by atoms with Crippen molar-refractivity contribution in [2.24, 2.45) is 5.11 Å². The van der Waals surface area contributed by atoms with Gasteiger partial charge in [0.05, 0.1) is 4.92 Å². The Kier molecular flexibility index (Phi) is 1.91. The normalized spacial score (nSPS) is 9.09. The highest BCUT2D eigenvalue weighted by Crippen LogP contribution is 2.25. The molecule has 5 nitrogen and oxygen atoms in total. The van der Waals surface area contributed by atoms with E-state index < -0.39 is 4.92 Å². The van der Waals surface area contributed by atoms with Gasteiger partial charge < -0.3 is 10.6 Å². The average Bonchev–Trinajstić information content (AvgIpc) is 2.04. The van der Waals surface area contributed by atoms with Crippen LogP contribution < -0.4 is 0 Å². The Labute approximate surface area is 62.3 Å². The lowest BCUT2D eigenvalue weighted by atomic mass is 10.3. The van der Waals surface area contributed by atoms with E-state index in [9.17, 15) is 10.1 Å². The Morgan fingerprint density at radius 1 is 1.45 bits per heavy atom. The van der Waals surface area contributed by atoms with Gasteiger partial charge >= 0.3 is 0 Å². The lowest BCUT2D eigenvalue weighted by Gasteiger charge is -1.96. The Bertz CT molecular complexity index is 298. The van der Waals surface area contributed by atoms with Gasteiger partial charge in [-0.25, -0.2) is 0 Å². The van der Waals surface area contributed by atoms with E-state index >= 15 is 0 Å². The summed E-state index contributed by atoms with van der Waals surface area (Å²) in [6.07, 6.45) is 0. The zero-order valence-corrected chi connectivity index (χ0v) is 5.47. The molecule has 0 unspecified atom stereocenters. The smallest absolute Gasteiger partial charge is 0.293 e. The van der Waals surface area contributed by atoms with E-state index in [2.05, 4.69) is 5.11 Å². The minimum absolute atomic E-state index is 0.0301. The summed E-state index contributed by atoms with van der Waals surface area (Å²) in [5, 5.41) is 13.0. The standard InChI is InChI=1S/C6H4N3O2/c7-8-5-3-1-2-4-6(5)9(10)11/h1-4H/q-1. The molecule has 0 aliphatic carbocycles. The van der Waals surface area contributed by atoms with Crippen LogP contribution in [0.25, 0.3) is 5.53 Å². The van der Waals surface area contributed by atoms with Crippen molar-refractivity contribution in [2.75, 3.05) is 0 Å². The number of nitrogens with zero attached hydrogens (tertiary/aromatic N) is 3. The third-order valence-corrected chi connectivity index (χ3v) is 1.19. The lowest BCUT2D eigenvalue weighted by Crippen LogP contribution is -1.86. The van der Waals surface area contributed by atoms with Crippen LogP contribution in [-0.2, 0) is 0 Å². The van der Waals surface area contributed by atoms with Crippen LogP contribution in [0.5, 0.6) is 0 Å². The van der Waals surface area contributed by atoms with Gasteiger partial charge in [0, 0.05) is 6.07 Å². The quantitative estimate of drug-likeness (QED) is 0.368. The third-order valence-electron chi connectivity index (χ3n) is 1.19. The summed E-state index contributed by atoms with van der Waals surface area (Å²) in [6, 6.07) is 5.70. The van der Waals surface area contributed by atoms with Crippen molar-refractivity contribution in [1.82, 2.24) is 0 Å². The van der Waals surface area contributed by atoms with Crippen LogP contribution in [0.4, 0.5) is 11.4 Å². The number of hydrogen-bond donors (Lipinski definition) is 0. The third kappa shape index (κ3) is 1.37. The number of nitro benzene ring substituents is 1. The van der Waals surface area contributed by atoms with Crippen molar-refractivity contribution in [3.05, 3.63) is 39.9 Å². The molecule has 0 aromatic heterocycles. The van der Waals surface area contributed by atoms with Crippen molar-refractivity contribution in [3.8, 4) is 0 Å². The fraction of sp³-hybridized carbons (Fsp3) is 0. The minimum Gasteiger partial charge on any atom is -0.706 e. The Morgan fingerprint density at radius 3 is 2.55 bits per heavy atom. The molecule has 0 heterocycles. The highest BCUT2D eigenvalue weighted by atomic mass is 16.6. The largest absolute Gasteiger partial charge is 0.706 e. The van der Waals surface area contributed by atoms with Crippen LogP contribution >= 0.6 is 0 Å². The van der Waals surface area contributed by atoms with Gasteiger partial charge in [0.25, 0.3) is 5.69 Å². The molecule has 0 radical (unpaired) electrons. The summed E-state index contributed by atoms with van der Waals surface area (Å²) >= 11 is 0. The fourth-order valence-corrected chi connectivity index (χ4v) is 0.703. The Morgan fingerprint density at radius 2 is 2.09 bits per heavy atom. The second-order valence-corrected chi connectivity index (χ2v) is 1.85. The molecular formula is C6H4N3O2-. The molecule has 0 bridgehead atoms. The molecular weight excluding hydrogens is 146 g/mol. The molecule has 11 heavy (non-hydrogen) atoms. The van der Waals surface area contributed by atoms with Gasteiger partial charge in [-0.3, -0.25) is 10.1 Å². The summed E-state index contributed by atoms with van der Waals surface area (Å²) < 4.78 is 0. The summed E-state index contributed by atoms with van der Waals surface area (Å²) in [4.78, 5) is 9.61. The van der Waals surface area contributed by atoms with E-state index in [1.54, 1.807) is 6.07 Å². The first-order valence-electron chi connectivity index (χ1n) is 2.84. The number of hydrogen-bond acceptors (Lipinski definition) is 3. The molecule has 0 fully saturated rings. The molecule has 56 valence electrons. The molecule has 5 heteroatoms. The first kappa shape index (κ1) is 7.33. The fourth-order valence-electron chi connectivity index (χ4n) is 0.703.